The molecule has 0 amide bonds. The summed E-state index contributed by atoms with van der Waals surface area (Å²) in [7, 11) is 2.65. The Bertz CT molecular complexity index is 400. The summed E-state index contributed by atoms with van der Waals surface area (Å²) < 4.78 is 0. The molecule has 1 aromatic heterocycles. The van der Waals surface area contributed by atoms with E-state index < -0.39 is 0 Å². The molecule has 3 nitrogen and oxygen atoms in total. The first-order valence-electron chi connectivity index (χ1n) is 4.52. The first-order valence-corrected chi connectivity index (χ1v) is 5.09. The highest BCUT2D eigenvalue weighted by Crippen LogP contribution is 2.20. The van der Waals surface area contributed by atoms with Crippen LogP contribution in [-0.4, -0.2) is 23.5 Å². The van der Waals surface area contributed by atoms with Crippen molar-refractivity contribution in [3.05, 3.63) is 23.5 Å². The summed E-state index contributed by atoms with van der Waals surface area (Å²) in [5.74, 6) is 0. The molecule has 0 saturated heterocycles. The summed E-state index contributed by atoms with van der Waals surface area (Å²) in [6.07, 6.45) is 3.54. The van der Waals surface area contributed by atoms with Crippen LogP contribution in [0.4, 0.5) is 0 Å². The van der Waals surface area contributed by atoms with E-state index in [2.05, 4.69) is 25.9 Å². The first-order chi connectivity index (χ1) is 6.74. The van der Waals surface area contributed by atoms with Gasteiger partial charge in [0, 0.05) is 11.8 Å². The van der Waals surface area contributed by atoms with Gasteiger partial charge in [0.2, 0.25) is 0 Å². The summed E-state index contributed by atoms with van der Waals surface area (Å²) in [5.41, 5.74) is 2.52. The van der Waals surface area contributed by atoms with Gasteiger partial charge in [0.15, 0.2) is 0 Å². The molecule has 1 aromatic rings. The number of rotatable bonds is 1. The highest BCUT2D eigenvalue weighted by molar-refractivity contribution is 7.27. The van der Waals surface area contributed by atoms with Crippen molar-refractivity contribution in [2.75, 3.05) is 0 Å². The molecular formula is C10H12N3P. The van der Waals surface area contributed by atoms with Gasteiger partial charge in [0.05, 0.1) is 17.4 Å². The molecule has 1 heterocycles. The lowest BCUT2D eigenvalue weighted by Gasteiger charge is -2.22. The number of aromatic nitrogens is 1. The number of hydrogen-bond acceptors (Lipinski definition) is 3. The molecule has 0 fully saturated rings. The zero-order chi connectivity index (χ0) is 10.1. The van der Waals surface area contributed by atoms with Crippen LogP contribution in [0.25, 0.3) is 0 Å². The van der Waals surface area contributed by atoms with Crippen LogP contribution in [0.5, 0.6) is 0 Å². The van der Waals surface area contributed by atoms with E-state index in [1.807, 2.05) is 6.07 Å². The third kappa shape index (κ3) is 1.38. The summed E-state index contributed by atoms with van der Waals surface area (Å²) in [5, 5.41) is 9.02. The monoisotopic (exact) mass is 205 g/mol. The van der Waals surface area contributed by atoms with Gasteiger partial charge in [0.1, 0.15) is 0 Å². The number of nitrogens with zero attached hydrogens (tertiary/aromatic N) is 2. The fourth-order valence-electron chi connectivity index (χ4n) is 1.79. The maximum atomic E-state index is 7.98. The lowest BCUT2D eigenvalue weighted by Crippen LogP contribution is -2.30. The third-order valence-electron chi connectivity index (χ3n) is 2.54. The SMILES string of the molecule is C=NC1CCc2nccc(P)c2C1=N. The predicted molar refractivity (Wildman–Crippen MR) is 62.1 cm³/mol. The van der Waals surface area contributed by atoms with E-state index in [9.17, 15) is 0 Å². The van der Waals surface area contributed by atoms with Gasteiger partial charge in [-0.3, -0.25) is 9.98 Å². The van der Waals surface area contributed by atoms with E-state index in [0.29, 0.717) is 5.71 Å². The summed E-state index contributed by atoms with van der Waals surface area (Å²) in [4.78, 5) is 8.24. The number of fused-ring (bicyclic) bond motifs is 1. The molecule has 2 rings (SSSR count). The number of nitrogens with one attached hydrogen (secondary N) is 1. The molecule has 0 saturated carbocycles. The zero-order valence-corrected chi connectivity index (χ0v) is 8.98. The van der Waals surface area contributed by atoms with Crippen LogP contribution in [0.3, 0.4) is 0 Å². The molecule has 0 spiro atoms. The Morgan fingerprint density at radius 3 is 3.14 bits per heavy atom. The van der Waals surface area contributed by atoms with Crippen LogP contribution in [0, 0.1) is 5.41 Å². The third-order valence-corrected chi connectivity index (χ3v) is 3.02. The molecule has 14 heavy (non-hydrogen) atoms. The molecule has 2 atom stereocenters. The molecule has 2 unspecified atom stereocenters. The Morgan fingerprint density at radius 2 is 2.43 bits per heavy atom. The highest BCUT2D eigenvalue weighted by Gasteiger charge is 2.25. The second kappa shape index (κ2) is 3.58. The van der Waals surface area contributed by atoms with Crippen molar-refractivity contribution in [3.8, 4) is 0 Å². The average Bonchev–Trinajstić information content (AvgIpc) is 2.18. The first kappa shape index (κ1) is 9.47. The maximum absolute atomic E-state index is 7.98. The fraction of sp³-hybridized carbons (Fsp3) is 0.300. The molecule has 1 aliphatic rings. The fourth-order valence-corrected chi connectivity index (χ4v) is 2.20. The zero-order valence-electron chi connectivity index (χ0n) is 7.83. The Kier molecular flexibility index (Phi) is 2.42. The van der Waals surface area contributed by atoms with Crippen LogP contribution in [0.15, 0.2) is 17.3 Å². The van der Waals surface area contributed by atoms with Gasteiger partial charge in [-0.15, -0.1) is 9.24 Å². The molecular weight excluding hydrogens is 193 g/mol. The minimum Gasteiger partial charge on any atom is -0.302 e. The van der Waals surface area contributed by atoms with Crippen molar-refractivity contribution < 1.29 is 0 Å². The molecule has 0 bridgehead atoms. The minimum absolute atomic E-state index is 0.0500. The Balaban J connectivity index is 2.53. The largest absolute Gasteiger partial charge is 0.302 e. The minimum atomic E-state index is -0.0500. The van der Waals surface area contributed by atoms with Crippen LogP contribution in [0.2, 0.25) is 0 Å². The van der Waals surface area contributed by atoms with Crippen molar-refractivity contribution in [2.45, 2.75) is 18.9 Å². The lowest BCUT2D eigenvalue weighted by molar-refractivity contribution is 0.717. The average molecular weight is 205 g/mol. The van der Waals surface area contributed by atoms with Gasteiger partial charge < -0.3 is 5.41 Å². The summed E-state index contributed by atoms with van der Waals surface area (Å²) >= 11 is 0. The topological polar surface area (TPSA) is 49.1 Å². The van der Waals surface area contributed by atoms with Gasteiger partial charge >= 0.3 is 0 Å². The Labute approximate surface area is 85.4 Å². The standard InChI is InChI=1S/C10H12N3P/c1-12-7-3-2-6-9(10(7)11)8(14)4-5-13-6/h4-5,7,11H,1-3,14H2. The number of hydrogen-bond donors (Lipinski definition) is 1. The van der Waals surface area contributed by atoms with Gasteiger partial charge in [-0.25, -0.2) is 0 Å². The van der Waals surface area contributed by atoms with Gasteiger partial charge in [-0.2, -0.15) is 0 Å². The second-order valence-electron chi connectivity index (χ2n) is 3.37. The second-order valence-corrected chi connectivity index (χ2v) is 3.99. The Morgan fingerprint density at radius 1 is 1.64 bits per heavy atom. The van der Waals surface area contributed by atoms with Crippen LogP contribution in [-0.2, 0) is 6.42 Å². The number of pyridine rings is 1. The molecule has 0 aromatic carbocycles. The predicted octanol–water partition coefficient (Wildman–Crippen LogP) is 0.965. The van der Waals surface area contributed by atoms with E-state index >= 15 is 0 Å². The molecule has 0 radical (unpaired) electrons. The summed E-state index contributed by atoms with van der Waals surface area (Å²) in [6.45, 7) is 3.52. The summed E-state index contributed by atoms with van der Waals surface area (Å²) in [6, 6.07) is 1.86. The van der Waals surface area contributed by atoms with Crippen LogP contribution < -0.4 is 5.30 Å². The van der Waals surface area contributed by atoms with Crippen molar-refractivity contribution in [1.82, 2.24) is 4.98 Å². The maximum Gasteiger partial charge on any atom is 0.0916 e. The van der Waals surface area contributed by atoms with Crippen molar-refractivity contribution >= 4 is 27.0 Å². The van der Waals surface area contributed by atoms with Crippen molar-refractivity contribution in [3.63, 3.8) is 0 Å². The number of aliphatic imine (C=N–C) groups is 1. The quantitative estimate of drug-likeness (QED) is 0.539. The smallest absolute Gasteiger partial charge is 0.0916 e. The van der Waals surface area contributed by atoms with E-state index in [1.54, 1.807) is 6.20 Å². The normalized spacial score (nSPS) is 20.4. The van der Waals surface area contributed by atoms with Gasteiger partial charge in [0.25, 0.3) is 0 Å². The van der Waals surface area contributed by atoms with E-state index in [0.717, 1.165) is 29.4 Å². The number of aryl methyl sites for hydroxylation is 1. The molecule has 0 aliphatic heterocycles. The van der Waals surface area contributed by atoms with Gasteiger partial charge in [-0.05, 0) is 30.9 Å². The van der Waals surface area contributed by atoms with E-state index in [4.69, 9.17) is 5.41 Å². The molecule has 72 valence electrons. The Hall–Kier alpha value is -1.08. The van der Waals surface area contributed by atoms with Crippen molar-refractivity contribution in [2.24, 2.45) is 4.99 Å². The van der Waals surface area contributed by atoms with Crippen LogP contribution in [0.1, 0.15) is 17.7 Å². The highest BCUT2D eigenvalue weighted by atomic mass is 31.0. The molecule has 1 N–H and O–H groups in total. The van der Waals surface area contributed by atoms with Gasteiger partial charge in [-0.1, -0.05) is 0 Å². The van der Waals surface area contributed by atoms with Crippen LogP contribution >= 0.6 is 9.24 Å². The van der Waals surface area contributed by atoms with E-state index in [1.165, 1.54) is 0 Å². The molecule has 4 heteroatoms. The van der Waals surface area contributed by atoms with Crippen molar-refractivity contribution in [1.29, 1.82) is 5.41 Å². The lowest BCUT2D eigenvalue weighted by atomic mass is 9.90. The van der Waals surface area contributed by atoms with E-state index in [-0.39, 0.29) is 6.04 Å². The molecule has 1 aliphatic carbocycles.